The summed E-state index contributed by atoms with van der Waals surface area (Å²) in [6, 6.07) is 8.33. The molecule has 0 bridgehead atoms. The fourth-order valence-electron chi connectivity index (χ4n) is 3.29. The van der Waals surface area contributed by atoms with Gasteiger partial charge in [0.25, 0.3) is 0 Å². The molecule has 8 nitrogen and oxygen atoms in total. The number of benzene rings is 1. The highest BCUT2D eigenvalue weighted by molar-refractivity contribution is 14.0. The summed E-state index contributed by atoms with van der Waals surface area (Å²) in [5.41, 5.74) is 2.45. The number of nitrogens with one attached hydrogen (secondary N) is 1. The van der Waals surface area contributed by atoms with Gasteiger partial charge < -0.3 is 24.2 Å². The molecule has 1 aromatic carbocycles. The summed E-state index contributed by atoms with van der Waals surface area (Å²) in [6.45, 7) is 9.14. The zero-order chi connectivity index (χ0) is 19.9. The summed E-state index contributed by atoms with van der Waals surface area (Å²) in [7, 11) is 1.77. The minimum Gasteiger partial charge on any atom is -0.371 e. The van der Waals surface area contributed by atoms with Crippen LogP contribution in [0.15, 0.2) is 33.8 Å². The number of morpholine rings is 1. The second kappa shape index (κ2) is 11.5. The first-order valence-corrected chi connectivity index (χ1v) is 9.69. The molecule has 0 saturated carbocycles. The number of halogens is 1. The third-order valence-electron chi connectivity index (χ3n) is 4.77. The number of rotatable bonds is 6. The number of guanidine groups is 1. The third kappa shape index (κ3) is 6.13. The quantitative estimate of drug-likeness (QED) is 0.359. The van der Waals surface area contributed by atoms with E-state index >= 15 is 0 Å². The van der Waals surface area contributed by atoms with Crippen LogP contribution < -0.4 is 5.32 Å². The molecule has 1 fully saturated rings. The van der Waals surface area contributed by atoms with E-state index in [1.54, 1.807) is 7.05 Å². The minimum absolute atomic E-state index is 0. The topological polar surface area (TPSA) is 85.0 Å². The lowest BCUT2D eigenvalue weighted by Crippen LogP contribution is -2.48. The highest BCUT2D eigenvalue weighted by Crippen LogP contribution is 2.25. The van der Waals surface area contributed by atoms with Crippen LogP contribution in [-0.2, 0) is 16.0 Å². The maximum absolute atomic E-state index is 6.01. The molecule has 160 valence electrons. The average molecular weight is 515 g/mol. The SMILES string of the molecule is CCOC(C)c1noc(CNC(=NC)N2CCOC(c3ccccc3C)C2)n1.I. The van der Waals surface area contributed by atoms with Crippen LogP contribution in [0.1, 0.15) is 48.9 Å². The van der Waals surface area contributed by atoms with E-state index in [4.69, 9.17) is 14.0 Å². The van der Waals surface area contributed by atoms with E-state index in [1.807, 2.05) is 26.0 Å². The molecule has 1 aliphatic rings. The molecular formula is C20H30IN5O3. The van der Waals surface area contributed by atoms with Gasteiger partial charge in [0.2, 0.25) is 5.89 Å². The molecule has 2 atom stereocenters. The number of aromatic nitrogens is 2. The molecule has 2 aromatic rings. The molecule has 0 amide bonds. The molecule has 1 aromatic heterocycles. The van der Waals surface area contributed by atoms with Gasteiger partial charge in [-0.05, 0) is 31.9 Å². The van der Waals surface area contributed by atoms with Crippen LogP contribution in [0.4, 0.5) is 0 Å². The Balaban J connectivity index is 0.00000300. The van der Waals surface area contributed by atoms with Crippen molar-refractivity contribution < 1.29 is 14.0 Å². The van der Waals surface area contributed by atoms with E-state index < -0.39 is 0 Å². The van der Waals surface area contributed by atoms with Crippen molar-refractivity contribution in [2.75, 3.05) is 33.4 Å². The van der Waals surface area contributed by atoms with Crippen molar-refractivity contribution in [3.63, 3.8) is 0 Å². The summed E-state index contributed by atoms with van der Waals surface area (Å²) in [4.78, 5) is 11.0. The summed E-state index contributed by atoms with van der Waals surface area (Å²) < 4.78 is 16.8. The molecule has 1 saturated heterocycles. The molecule has 9 heteroatoms. The van der Waals surface area contributed by atoms with E-state index in [9.17, 15) is 0 Å². The Morgan fingerprint density at radius 2 is 2.21 bits per heavy atom. The molecule has 0 radical (unpaired) electrons. The van der Waals surface area contributed by atoms with Gasteiger partial charge in [-0.25, -0.2) is 0 Å². The van der Waals surface area contributed by atoms with Gasteiger partial charge >= 0.3 is 0 Å². The lowest BCUT2D eigenvalue weighted by Gasteiger charge is -2.35. The minimum atomic E-state index is -0.184. The second-order valence-corrected chi connectivity index (χ2v) is 6.71. The Labute approximate surface area is 189 Å². The van der Waals surface area contributed by atoms with Crippen molar-refractivity contribution in [2.24, 2.45) is 4.99 Å². The van der Waals surface area contributed by atoms with E-state index in [0.717, 1.165) is 19.0 Å². The van der Waals surface area contributed by atoms with Gasteiger partial charge in [-0.1, -0.05) is 29.4 Å². The predicted molar refractivity (Wildman–Crippen MR) is 121 cm³/mol. The van der Waals surface area contributed by atoms with Gasteiger partial charge in [0.1, 0.15) is 12.2 Å². The largest absolute Gasteiger partial charge is 0.371 e. The van der Waals surface area contributed by atoms with Crippen molar-refractivity contribution >= 4 is 29.9 Å². The molecule has 1 aliphatic heterocycles. The first kappa shape index (κ1) is 23.6. The van der Waals surface area contributed by atoms with Gasteiger partial charge in [0.05, 0.1) is 19.7 Å². The Morgan fingerprint density at radius 1 is 1.41 bits per heavy atom. The Hall–Kier alpha value is -1.72. The molecule has 2 unspecified atom stereocenters. The fourth-order valence-corrected chi connectivity index (χ4v) is 3.29. The van der Waals surface area contributed by atoms with Crippen LogP contribution in [0.5, 0.6) is 0 Å². The van der Waals surface area contributed by atoms with Gasteiger partial charge in [0, 0.05) is 20.2 Å². The number of aryl methyl sites for hydroxylation is 1. The van der Waals surface area contributed by atoms with Crippen LogP contribution in [-0.4, -0.2) is 54.4 Å². The molecular weight excluding hydrogens is 485 g/mol. The van der Waals surface area contributed by atoms with Gasteiger partial charge in [0.15, 0.2) is 11.8 Å². The number of hydrogen-bond donors (Lipinski definition) is 1. The van der Waals surface area contributed by atoms with Crippen LogP contribution in [0.3, 0.4) is 0 Å². The van der Waals surface area contributed by atoms with Crippen LogP contribution in [0.25, 0.3) is 0 Å². The van der Waals surface area contributed by atoms with Crippen LogP contribution >= 0.6 is 24.0 Å². The van der Waals surface area contributed by atoms with E-state index in [2.05, 4.69) is 44.4 Å². The molecule has 3 rings (SSSR count). The maximum atomic E-state index is 6.01. The summed E-state index contributed by atoms with van der Waals surface area (Å²) in [5, 5.41) is 7.30. The maximum Gasteiger partial charge on any atom is 0.246 e. The molecule has 1 N–H and O–H groups in total. The molecule has 0 spiro atoms. The standard InChI is InChI=1S/C20H29N5O3.HI/c1-5-26-15(3)19-23-18(28-24-19)12-22-20(21-4)25-10-11-27-17(13-25)16-9-7-6-8-14(16)2;/h6-9,15,17H,5,10-13H2,1-4H3,(H,21,22);1H. The first-order chi connectivity index (χ1) is 13.6. The summed E-state index contributed by atoms with van der Waals surface area (Å²) >= 11 is 0. The fraction of sp³-hybridized carbons (Fsp3) is 0.550. The lowest BCUT2D eigenvalue weighted by molar-refractivity contribution is -0.00837. The highest BCUT2D eigenvalue weighted by Gasteiger charge is 2.25. The van der Waals surface area contributed by atoms with Crippen molar-refractivity contribution in [1.29, 1.82) is 0 Å². The average Bonchev–Trinajstić information content (AvgIpc) is 3.18. The monoisotopic (exact) mass is 515 g/mol. The summed E-state index contributed by atoms with van der Waals surface area (Å²) in [6.07, 6.45) is -0.161. The van der Waals surface area contributed by atoms with Crippen molar-refractivity contribution in [3.05, 3.63) is 47.1 Å². The first-order valence-electron chi connectivity index (χ1n) is 9.69. The molecule has 29 heavy (non-hydrogen) atoms. The zero-order valence-corrected chi connectivity index (χ0v) is 19.8. The summed E-state index contributed by atoms with van der Waals surface area (Å²) in [5.74, 6) is 1.85. The van der Waals surface area contributed by atoms with Crippen LogP contribution in [0, 0.1) is 6.92 Å². The van der Waals surface area contributed by atoms with Gasteiger partial charge in [-0.2, -0.15) is 4.98 Å². The second-order valence-electron chi connectivity index (χ2n) is 6.71. The predicted octanol–water partition coefficient (Wildman–Crippen LogP) is 3.24. The number of hydrogen-bond acceptors (Lipinski definition) is 6. The number of ether oxygens (including phenoxy) is 2. The van der Waals surface area contributed by atoms with Crippen LogP contribution in [0.2, 0.25) is 0 Å². The van der Waals surface area contributed by atoms with E-state index in [1.165, 1.54) is 11.1 Å². The lowest BCUT2D eigenvalue weighted by atomic mass is 10.0. The third-order valence-corrected chi connectivity index (χ3v) is 4.77. The Bertz CT molecular complexity index is 798. The molecule has 0 aliphatic carbocycles. The molecule has 2 heterocycles. The van der Waals surface area contributed by atoms with E-state index in [-0.39, 0.29) is 36.2 Å². The number of nitrogens with zero attached hydrogens (tertiary/aromatic N) is 4. The number of aliphatic imine (C=N–C) groups is 1. The van der Waals surface area contributed by atoms with E-state index in [0.29, 0.717) is 31.5 Å². The van der Waals surface area contributed by atoms with Gasteiger partial charge in [-0.3, -0.25) is 4.99 Å². The Kier molecular flexibility index (Phi) is 9.31. The normalized spacial score (nSPS) is 18.3. The zero-order valence-electron chi connectivity index (χ0n) is 17.4. The van der Waals surface area contributed by atoms with Crippen molar-refractivity contribution in [3.8, 4) is 0 Å². The Morgan fingerprint density at radius 3 is 2.93 bits per heavy atom. The van der Waals surface area contributed by atoms with Crippen molar-refractivity contribution in [1.82, 2.24) is 20.4 Å². The van der Waals surface area contributed by atoms with Crippen molar-refractivity contribution in [2.45, 2.75) is 39.5 Å². The smallest absolute Gasteiger partial charge is 0.246 e. The van der Waals surface area contributed by atoms with Gasteiger partial charge in [-0.15, -0.1) is 24.0 Å². The highest BCUT2D eigenvalue weighted by atomic mass is 127.